The van der Waals surface area contributed by atoms with Crippen molar-refractivity contribution in [3.8, 4) is 0 Å². The Morgan fingerprint density at radius 3 is 2.81 bits per heavy atom. The van der Waals surface area contributed by atoms with E-state index in [1.807, 2.05) is 12.1 Å². The first-order chi connectivity index (χ1) is 7.48. The molecular weight excluding hydrogens is 200 g/mol. The summed E-state index contributed by atoms with van der Waals surface area (Å²) in [5.74, 6) is 0.990. The second-order valence-electron chi connectivity index (χ2n) is 5.46. The van der Waals surface area contributed by atoms with E-state index in [2.05, 4.69) is 23.7 Å². The summed E-state index contributed by atoms with van der Waals surface area (Å²) in [6, 6.07) is 3.86. The lowest BCUT2D eigenvalue weighted by Gasteiger charge is -2.21. The molecule has 2 heterocycles. The number of hydrogen-bond donors (Lipinski definition) is 1. The smallest absolute Gasteiger partial charge is 0.128 e. The van der Waals surface area contributed by atoms with Crippen molar-refractivity contribution in [1.29, 1.82) is 0 Å². The molecule has 3 heteroatoms. The lowest BCUT2D eigenvalue weighted by molar-refractivity contribution is 0.199. The zero-order chi connectivity index (χ0) is 11.8. The lowest BCUT2D eigenvalue weighted by atomic mass is 9.93. The molecule has 1 aromatic rings. The van der Waals surface area contributed by atoms with Crippen molar-refractivity contribution in [1.82, 2.24) is 4.98 Å². The first-order valence-corrected chi connectivity index (χ1v) is 5.87. The Morgan fingerprint density at radius 2 is 2.25 bits per heavy atom. The molecule has 1 atom stereocenters. The summed E-state index contributed by atoms with van der Waals surface area (Å²) >= 11 is 0. The first kappa shape index (κ1) is 11.4. The van der Waals surface area contributed by atoms with Gasteiger partial charge in [-0.2, -0.15) is 0 Å². The van der Waals surface area contributed by atoms with Crippen molar-refractivity contribution in [2.24, 2.45) is 5.41 Å². The molecule has 1 aromatic heterocycles. The fourth-order valence-electron chi connectivity index (χ4n) is 2.17. The zero-order valence-electron chi connectivity index (χ0n) is 10.3. The molecule has 2 rings (SSSR count). The molecule has 0 amide bonds. The summed E-state index contributed by atoms with van der Waals surface area (Å²) in [6.45, 7) is 8.45. The standard InChI is InChI=1S/C13H20N2O/c1-10(16)11-4-6-14-12(8-11)15-7-5-13(2,3)9-15/h4,6,8,10,16H,5,7,9H2,1-3H3. The molecular formula is C13H20N2O. The number of aliphatic hydroxyl groups is 1. The predicted molar refractivity (Wildman–Crippen MR) is 65.5 cm³/mol. The van der Waals surface area contributed by atoms with Gasteiger partial charge in [0.2, 0.25) is 0 Å². The monoisotopic (exact) mass is 220 g/mol. The quantitative estimate of drug-likeness (QED) is 0.831. The molecule has 0 saturated carbocycles. The van der Waals surface area contributed by atoms with Crippen molar-refractivity contribution in [2.45, 2.75) is 33.3 Å². The van der Waals surface area contributed by atoms with E-state index in [0.717, 1.165) is 24.5 Å². The largest absolute Gasteiger partial charge is 0.389 e. The Labute approximate surface area is 97.1 Å². The zero-order valence-corrected chi connectivity index (χ0v) is 10.3. The average molecular weight is 220 g/mol. The molecule has 3 nitrogen and oxygen atoms in total. The average Bonchev–Trinajstić information content (AvgIpc) is 2.59. The van der Waals surface area contributed by atoms with Crippen LogP contribution in [0.3, 0.4) is 0 Å². The van der Waals surface area contributed by atoms with Crippen LogP contribution in [0.4, 0.5) is 5.82 Å². The minimum absolute atomic E-state index is 0.377. The van der Waals surface area contributed by atoms with Crippen LogP contribution in [0.1, 0.15) is 38.9 Å². The van der Waals surface area contributed by atoms with E-state index in [1.165, 1.54) is 6.42 Å². The summed E-state index contributed by atoms with van der Waals surface area (Å²) in [4.78, 5) is 6.68. The Bertz CT molecular complexity index is 374. The van der Waals surface area contributed by atoms with E-state index >= 15 is 0 Å². The summed E-state index contributed by atoms with van der Waals surface area (Å²) in [5.41, 5.74) is 1.32. The van der Waals surface area contributed by atoms with Gasteiger partial charge in [-0.1, -0.05) is 13.8 Å². The van der Waals surface area contributed by atoms with E-state index in [1.54, 1.807) is 13.1 Å². The van der Waals surface area contributed by atoms with Gasteiger partial charge in [0.1, 0.15) is 5.82 Å². The van der Waals surface area contributed by atoms with Crippen LogP contribution in [-0.4, -0.2) is 23.2 Å². The molecule has 16 heavy (non-hydrogen) atoms. The minimum atomic E-state index is -0.419. The van der Waals surface area contributed by atoms with Gasteiger partial charge in [-0.15, -0.1) is 0 Å². The van der Waals surface area contributed by atoms with Gasteiger partial charge in [-0.25, -0.2) is 4.98 Å². The van der Waals surface area contributed by atoms with Crippen LogP contribution < -0.4 is 4.90 Å². The van der Waals surface area contributed by atoms with E-state index in [-0.39, 0.29) is 0 Å². The maximum Gasteiger partial charge on any atom is 0.128 e. The molecule has 1 N–H and O–H groups in total. The van der Waals surface area contributed by atoms with Gasteiger partial charge >= 0.3 is 0 Å². The third-order valence-electron chi connectivity index (χ3n) is 3.25. The Balaban J connectivity index is 2.19. The van der Waals surface area contributed by atoms with Crippen molar-refractivity contribution >= 4 is 5.82 Å². The molecule has 0 radical (unpaired) electrons. The summed E-state index contributed by atoms with van der Waals surface area (Å²) in [7, 11) is 0. The van der Waals surface area contributed by atoms with Crippen LogP contribution in [0.25, 0.3) is 0 Å². The van der Waals surface area contributed by atoms with Gasteiger partial charge in [0.25, 0.3) is 0 Å². The van der Waals surface area contributed by atoms with E-state index in [0.29, 0.717) is 5.41 Å². The number of hydrogen-bond acceptors (Lipinski definition) is 3. The van der Waals surface area contributed by atoms with Crippen LogP contribution in [-0.2, 0) is 0 Å². The van der Waals surface area contributed by atoms with Crippen LogP contribution in [0, 0.1) is 5.41 Å². The molecule has 0 aliphatic carbocycles. The highest BCUT2D eigenvalue weighted by molar-refractivity contribution is 5.43. The molecule has 1 unspecified atom stereocenters. The van der Waals surface area contributed by atoms with E-state index in [4.69, 9.17) is 0 Å². The number of rotatable bonds is 2. The van der Waals surface area contributed by atoms with Crippen molar-refractivity contribution in [3.63, 3.8) is 0 Å². The molecule has 1 aliphatic heterocycles. The van der Waals surface area contributed by atoms with Gasteiger partial charge in [-0.05, 0) is 36.5 Å². The first-order valence-electron chi connectivity index (χ1n) is 5.87. The van der Waals surface area contributed by atoms with E-state index < -0.39 is 6.10 Å². The minimum Gasteiger partial charge on any atom is -0.389 e. The fraction of sp³-hybridized carbons (Fsp3) is 0.615. The van der Waals surface area contributed by atoms with Crippen molar-refractivity contribution in [3.05, 3.63) is 23.9 Å². The van der Waals surface area contributed by atoms with Gasteiger partial charge in [0, 0.05) is 19.3 Å². The number of anilines is 1. The third-order valence-corrected chi connectivity index (χ3v) is 3.25. The Morgan fingerprint density at radius 1 is 1.50 bits per heavy atom. The summed E-state index contributed by atoms with van der Waals surface area (Å²) in [5, 5.41) is 9.55. The number of nitrogens with zero attached hydrogens (tertiary/aromatic N) is 2. The maximum atomic E-state index is 9.55. The highest BCUT2D eigenvalue weighted by atomic mass is 16.3. The predicted octanol–water partition coefficient (Wildman–Crippen LogP) is 2.37. The van der Waals surface area contributed by atoms with Gasteiger partial charge in [-0.3, -0.25) is 0 Å². The lowest BCUT2D eigenvalue weighted by Crippen LogP contribution is -2.23. The normalized spacial score (nSPS) is 21.1. The number of aromatic nitrogens is 1. The molecule has 1 fully saturated rings. The SMILES string of the molecule is CC(O)c1ccnc(N2CCC(C)(C)C2)c1. The van der Waals surface area contributed by atoms with Gasteiger partial charge in [0.15, 0.2) is 0 Å². The highest BCUT2D eigenvalue weighted by Crippen LogP contribution is 2.32. The van der Waals surface area contributed by atoms with Crippen molar-refractivity contribution in [2.75, 3.05) is 18.0 Å². The molecule has 0 aromatic carbocycles. The van der Waals surface area contributed by atoms with Crippen LogP contribution in [0.5, 0.6) is 0 Å². The third kappa shape index (κ3) is 2.35. The molecule has 1 aliphatic rings. The number of aliphatic hydroxyl groups excluding tert-OH is 1. The van der Waals surface area contributed by atoms with Crippen LogP contribution in [0.2, 0.25) is 0 Å². The highest BCUT2D eigenvalue weighted by Gasteiger charge is 2.29. The second-order valence-corrected chi connectivity index (χ2v) is 5.46. The summed E-state index contributed by atoms with van der Waals surface area (Å²) in [6.07, 6.45) is 2.56. The van der Waals surface area contributed by atoms with Crippen LogP contribution >= 0.6 is 0 Å². The van der Waals surface area contributed by atoms with Gasteiger partial charge in [0.05, 0.1) is 6.10 Å². The van der Waals surface area contributed by atoms with E-state index in [9.17, 15) is 5.11 Å². The van der Waals surface area contributed by atoms with Crippen LogP contribution in [0.15, 0.2) is 18.3 Å². The molecule has 1 saturated heterocycles. The molecule has 0 bridgehead atoms. The Hall–Kier alpha value is -1.09. The van der Waals surface area contributed by atoms with Crippen molar-refractivity contribution < 1.29 is 5.11 Å². The molecule has 88 valence electrons. The topological polar surface area (TPSA) is 36.4 Å². The summed E-state index contributed by atoms with van der Waals surface area (Å²) < 4.78 is 0. The fourth-order valence-corrected chi connectivity index (χ4v) is 2.17. The Kier molecular flexibility index (Phi) is 2.89. The van der Waals surface area contributed by atoms with Gasteiger partial charge < -0.3 is 10.0 Å². The number of pyridine rings is 1. The molecule has 0 spiro atoms. The maximum absolute atomic E-state index is 9.55. The second kappa shape index (κ2) is 4.06.